The van der Waals surface area contributed by atoms with Crippen molar-refractivity contribution >= 4 is 16.8 Å². The van der Waals surface area contributed by atoms with Crippen LogP contribution < -0.4 is 5.56 Å². The van der Waals surface area contributed by atoms with E-state index in [0.717, 1.165) is 18.4 Å². The summed E-state index contributed by atoms with van der Waals surface area (Å²) in [6, 6.07) is 5.47. The molecule has 3 rings (SSSR count). The van der Waals surface area contributed by atoms with Crippen LogP contribution in [-0.2, 0) is 11.3 Å². The number of aromatic nitrogens is 2. The van der Waals surface area contributed by atoms with Crippen LogP contribution in [0.4, 0.5) is 0 Å². The SMILES string of the molecule is Cc1cccc2c(=O)n(CC(=O)N3CCCC(C(C)O)C3)cnc12. The predicted molar refractivity (Wildman–Crippen MR) is 91.7 cm³/mol. The third kappa shape index (κ3) is 3.19. The fraction of sp³-hybridized carbons (Fsp3) is 0.500. The van der Waals surface area contributed by atoms with Gasteiger partial charge in [0.05, 0.1) is 23.3 Å². The van der Waals surface area contributed by atoms with Crippen molar-refractivity contribution in [3.63, 3.8) is 0 Å². The van der Waals surface area contributed by atoms with Gasteiger partial charge in [-0.3, -0.25) is 14.2 Å². The molecule has 0 bridgehead atoms. The van der Waals surface area contributed by atoms with Crippen LogP contribution in [0.5, 0.6) is 0 Å². The van der Waals surface area contributed by atoms with E-state index in [4.69, 9.17) is 0 Å². The number of aliphatic hydroxyl groups is 1. The maximum atomic E-state index is 12.6. The minimum absolute atomic E-state index is 0.0117. The highest BCUT2D eigenvalue weighted by Crippen LogP contribution is 2.20. The van der Waals surface area contributed by atoms with Crippen LogP contribution in [0, 0.1) is 12.8 Å². The Morgan fingerprint density at radius 3 is 3.00 bits per heavy atom. The summed E-state index contributed by atoms with van der Waals surface area (Å²) in [6.07, 6.45) is 2.84. The van der Waals surface area contributed by atoms with Crippen molar-refractivity contribution in [3.8, 4) is 0 Å². The number of piperidine rings is 1. The van der Waals surface area contributed by atoms with E-state index in [0.29, 0.717) is 24.0 Å². The molecule has 2 aromatic rings. The van der Waals surface area contributed by atoms with Crippen LogP contribution in [0.15, 0.2) is 29.3 Å². The molecule has 0 saturated carbocycles. The van der Waals surface area contributed by atoms with Crippen molar-refractivity contribution in [1.82, 2.24) is 14.5 Å². The highest BCUT2D eigenvalue weighted by Gasteiger charge is 2.26. The highest BCUT2D eigenvalue weighted by atomic mass is 16.3. The second-order valence-electron chi connectivity index (χ2n) is 6.63. The first kappa shape index (κ1) is 16.6. The van der Waals surface area contributed by atoms with Crippen molar-refractivity contribution in [3.05, 3.63) is 40.4 Å². The Kier molecular flexibility index (Phi) is 4.66. The van der Waals surface area contributed by atoms with Crippen molar-refractivity contribution in [1.29, 1.82) is 0 Å². The Balaban J connectivity index is 1.81. The first-order valence-corrected chi connectivity index (χ1v) is 8.38. The summed E-state index contributed by atoms with van der Waals surface area (Å²) in [6.45, 7) is 4.89. The van der Waals surface area contributed by atoms with Gasteiger partial charge in [-0.2, -0.15) is 0 Å². The van der Waals surface area contributed by atoms with E-state index in [2.05, 4.69) is 4.98 Å². The molecular formula is C18H23N3O3. The highest BCUT2D eigenvalue weighted by molar-refractivity contribution is 5.81. The van der Waals surface area contributed by atoms with E-state index in [1.54, 1.807) is 17.9 Å². The minimum atomic E-state index is -0.423. The third-order valence-electron chi connectivity index (χ3n) is 4.85. The van der Waals surface area contributed by atoms with Crippen LogP contribution >= 0.6 is 0 Å². The van der Waals surface area contributed by atoms with Gasteiger partial charge in [0.1, 0.15) is 6.54 Å². The molecule has 24 heavy (non-hydrogen) atoms. The van der Waals surface area contributed by atoms with Gasteiger partial charge >= 0.3 is 0 Å². The van der Waals surface area contributed by atoms with Crippen LogP contribution in [0.1, 0.15) is 25.3 Å². The Morgan fingerprint density at radius 2 is 2.25 bits per heavy atom. The molecule has 0 radical (unpaired) electrons. The summed E-state index contributed by atoms with van der Waals surface area (Å²) >= 11 is 0. The van der Waals surface area contributed by atoms with Crippen LogP contribution in [0.25, 0.3) is 10.9 Å². The second kappa shape index (κ2) is 6.73. The molecule has 0 aliphatic carbocycles. The molecule has 1 N–H and O–H groups in total. The minimum Gasteiger partial charge on any atom is -0.393 e. The molecule has 128 valence electrons. The van der Waals surface area contributed by atoms with Gasteiger partial charge in [0, 0.05) is 19.0 Å². The van der Waals surface area contributed by atoms with E-state index in [-0.39, 0.29) is 23.9 Å². The zero-order valence-electron chi connectivity index (χ0n) is 14.1. The van der Waals surface area contributed by atoms with Crippen molar-refractivity contribution in [2.45, 2.75) is 39.3 Å². The molecule has 1 amide bonds. The Hall–Kier alpha value is -2.21. The van der Waals surface area contributed by atoms with Crippen molar-refractivity contribution < 1.29 is 9.90 Å². The summed E-state index contributed by atoms with van der Waals surface area (Å²) in [5, 5.41) is 10.3. The zero-order valence-corrected chi connectivity index (χ0v) is 14.1. The first-order chi connectivity index (χ1) is 11.5. The number of aliphatic hydroxyl groups excluding tert-OH is 1. The second-order valence-corrected chi connectivity index (χ2v) is 6.63. The molecule has 2 atom stereocenters. The smallest absolute Gasteiger partial charge is 0.261 e. The van der Waals surface area contributed by atoms with Crippen LogP contribution in [-0.4, -0.2) is 44.7 Å². The number of para-hydroxylation sites is 1. The van der Waals surface area contributed by atoms with E-state index in [1.807, 2.05) is 19.1 Å². The van der Waals surface area contributed by atoms with Crippen LogP contribution in [0.3, 0.4) is 0 Å². The number of carbonyl (C=O) groups excluding carboxylic acids is 1. The normalized spacial score (nSPS) is 19.5. The zero-order chi connectivity index (χ0) is 17.3. The third-order valence-corrected chi connectivity index (χ3v) is 4.85. The van der Waals surface area contributed by atoms with E-state index in [9.17, 15) is 14.7 Å². The average Bonchev–Trinajstić information content (AvgIpc) is 2.58. The van der Waals surface area contributed by atoms with E-state index in [1.165, 1.54) is 10.9 Å². The average molecular weight is 329 g/mol. The van der Waals surface area contributed by atoms with Crippen molar-refractivity contribution in [2.75, 3.05) is 13.1 Å². The van der Waals surface area contributed by atoms with Crippen LogP contribution in [0.2, 0.25) is 0 Å². The van der Waals surface area contributed by atoms with Gasteiger partial charge in [-0.25, -0.2) is 4.98 Å². The number of aryl methyl sites for hydroxylation is 1. The molecule has 1 aliphatic rings. The maximum absolute atomic E-state index is 12.6. The molecule has 1 fully saturated rings. The number of carbonyl (C=O) groups is 1. The molecular weight excluding hydrogens is 306 g/mol. The molecule has 1 saturated heterocycles. The van der Waals surface area contributed by atoms with Gasteiger partial charge in [-0.1, -0.05) is 12.1 Å². The molecule has 2 unspecified atom stereocenters. The lowest BCUT2D eigenvalue weighted by atomic mass is 9.93. The number of fused-ring (bicyclic) bond motifs is 1. The first-order valence-electron chi connectivity index (χ1n) is 8.38. The lowest BCUT2D eigenvalue weighted by molar-refractivity contribution is -0.134. The fourth-order valence-corrected chi connectivity index (χ4v) is 3.33. The van der Waals surface area contributed by atoms with Gasteiger partial charge in [-0.15, -0.1) is 0 Å². The maximum Gasteiger partial charge on any atom is 0.261 e. The van der Waals surface area contributed by atoms with Crippen molar-refractivity contribution in [2.24, 2.45) is 5.92 Å². The number of nitrogens with zero attached hydrogens (tertiary/aromatic N) is 3. The number of benzene rings is 1. The molecule has 1 aromatic heterocycles. The number of hydrogen-bond donors (Lipinski definition) is 1. The number of hydrogen-bond acceptors (Lipinski definition) is 4. The lowest BCUT2D eigenvalue weighted by Gasteiger charge is -2.34. The van der Waals surface area contributed by atoms with Gasteiger partial charge in [0.25, 0.3) is 5.56 Å². The molecule has 0 spiro atoms. The summed E-state index contributed by atoms with van der Waals surface area (Å²) in [4.78, 5) is 31.2. The monoisotopic (exact) mass is 329 g/mol. The summed E-state index contributed by atoms with van der Waals surface area (Å²) in [7, 11) is 0. The number of amides is 1. The Morgan fingerprint density at radius 1 is 1.46 bits per heavy atom. The summed E-state index contributed by atoms with van der Waals surface area (Å²) < 4.78 is 1.37. The van der Waals surface area contributed by atoms with Gasteiger partial charge in [-0.05, 0) is 38.3 Å². The lowest BCUT2D eigenvalue weighted by Crippen LogP contribution is -2.45. The molecule has 1 aliphatic heterocycles. The van der Waals surface area contributed by atoms with E-state index >= 15 is 0 Å². The fourth-order valence-electron chi connectivity index (χ4n) is 3.33. The standard InChI is InChI=1S/C18H23N3O3/c1-12-5-3-7-15-17(12)19-11-21(18(15)24)10-16(23)20-8-4-6-14(9-20)13(2)22/h3,5,7,11,13-14,22H,4,6,8-10H2,1-2H3. The largest absolute Gasteiger partial charge is 0.393 e. The number of likely N-dealkylation sites (tertiary alicyclic amines) is 1. The van der Waals surface area contributed by atoms with Gasteiger partial charge < -0.3 is 10.0 Å². The van der Waals surface area contributed by atoms with Gasteiger partial charge in [0.2, 0.25) is 5.91 Å². The topological polar surface area (TPSA) is 75.4 Å². The molecule has 1 aromatic carbocycles. The van der Waals surface area contributed by atoms with Gasteiger partial charge in [0.15, 0.2) is 0 Å². The van der Waals surface area contributed by atoms with E-state index < -0.39 is 6.10 Å². The summed E-state index contributed by atoms with van der Waals surface area (Å²) in [5.41, 5.74) is 1.43. The quantitative estimate of drug-likeness (QED) is 0.922. The molecule has 2 heterocycles. The Bertz CT molecular complexity index is 813. The Labute approximate surface area is 140 Å². The number of rotatable bonds is 3. The predicted octanol–water partition coefficient (Wildman–Crippen LogP) is 1.32. The molecule has 6 nitrogen and oxygen atoms in total. The molecule has 6 heteroatoms. The summed E-state index contributed by atoms with van der Waals surface area (Å²) in [5.74, 6) is 0.00746.